The first-order chi connectivity index (χ1) is 9.54. The fourth-order valence-electron chi connectivity index (χ4n) is 2.40. The molecule has 0 saturated carbocycles. The van der Waals surface area contributed by atoms with Crippen LogP contribution in [0.4, 0.5) is 11.5 Å². The smallest absolute Gasteiger partial charge is 0.340 e. The van der Waals surface area contributed by atoms with E-state index in [1.807, 2.05) is 4.90 Å². The van der Waals surface area contributed by atoms with Crippen LogP contribution in [0.5, 0.6) is 0 Å². The Labute approximate surface area is 116 Å². The number of ether oxygens (including phenoxy) is 1. The van der Waals surface area contributed by atoms with Crippen LogP contribution in [0.25, 0.3) is 0 Å². The van der Waals surface area contributed by atoms with E-state index >= 15 is 0 Å². The van der Waals surface area contributed by atoms with Gasteiger partial charge in [0.05, 0.1) is 24.6 Å². The van der Waals surface area contributed by atoms with Gasteiger partial charge in [0.15, 0.2) is 0 Å². The number of rotatable bonds is 3. The highest BCUT2D eigenvalue weighted by molar-refractivity contribution is 5.96. The normalized spacial score (nSPS) is 18.6. The monoisotopic (exact) mass is 278 g/mol. The zero-order valence-corrected chi connectivity index (χ0v) is 11.3. The van der Waals surface area contributed by atoms with Crippen LogP contribution >= 0.6 is 0 Å². The van der Waals surface area contributed by atoms with Gasteiger partial charge >= 0.3 is 5.97 Å². The number of nitrogens with two attached hydrogens (primary N) is 2. The van der Waals surface area contributed by atoms with Crippen LogP contribution in [0.15, 0.2) is 12.3 Å². The zero-order valence-electron chi connectivity index (χ0n) is 11.3. The number of piperidine rings is 1. The lowest BCUT2D eigenvalue weighted by molar-refractivity contribution is -0.119. The SMILES string of the molecule is COC(=O)c1cc(N2CCCCC2C(N)=O)ncc1N. The summed E-state index contributed by atoms with van der Waals surface area (Å²) in [6.45, 7) is 0.672. The summed E-state index contributed by atoms with van der Waals surface area (Å²) in [5.74, 6) is -0.398. The van der Waals surface area contributed by atoms with Gasteiger partial charge in [-0.15, -0.1) is 0 Å². The van der Waals surface area contributed by atoms with Crippen molar-refractivity contribution in [2.45, 2.75) is 25.3 Å². The minimum Gasteiger partial charge on any atom is -0.465 e. The molecule has 0 spiro atoms. The number of aromatic nitrogens is 1. The lowest BCUT2D eigenvalue weighted by Crippen LogP contribution is -2.48. The fourth-order valence-corrected chi connectivity index (χ4v) is 2.40. The second-order valence-corrected chi connectivity index (χ2v) is 4.73. The Bertz CT molecular complexity index is 532. The number of amides is 1. The molecule has 0 aromatic carbocycles. The maximum absolute atomic E-state index is 11.6. The zero-order chi connectivity index (χ0) is 14.7. The maximum Gasteiger partial charge on any atom is 0.340 e. The van der Waals surface area contributed by atoms with Gasteiger partial charge in [-0.1, -0.05) is 0 Å². The molecule has 1 atom stereocenters. The van der Waals surface area contributed by atoms with Crippen LogP contribution in [0.2, 0.25) is 0 Å². The van der Waals surface area contributed by atoms with Gasteiger partial charge in [-0.2, -0.15) is 0 Å². The lowest BCUT2D eigenvalue weighted by atomic mass is 10.0. The van der Waals surface area contributed by atoms with Crippen molar-refractivity contribution in [3.8, 4) is 0 Å². The Morgan fingerprint density at radius 1 is 1.45 bits per heavy atom. The van der Waals surface area contributed by atoms with E-state index in [1.54, 1.807) is 6.07 Å². The minimum atomic E-state index is -0.529. The molecule has 0 aliphatic carbocycles. The van der Waals surface area contributed by atoms with Crippen LogP contribution in [-0.2, 0) is 9.53 Å². The molecule has 108 valence electrons. The fraction of sp³-hybridized carbons (Fsp3) is 0.462. The minimum absolute atomic E-state index is 0.242. The Hall–Kier alpha value is -2.31. The summed E-state index contributed by atoms with van der Waals surface area (Å²) >= 11 is 0. The Morgan fingerprint density at radius 2 is 2.20 bits per heavy atom. The highest BCUT2D eigenvalue weighted by Gasteiger charge is 2.28. The number of nitrogens with zero attached hydrogens (tertiary/aromatic N) is 2. The number of carbonyl (C=O) groups is 2. The van der Waals surface area contributed by atoms with Crippen molar-refractivity contribution >= 4 is 23.4 Å². The number of anilines is 2. The third kappa shape index (κ3) is 2.66. The topological polar surface area (TPSA) is 112 Å². The summed E-state index contributed by atoms with van der Waals surface area (Å²) in [7, 11) is 1.29. The van der Waals surface area contributed by atoms with E-state index in [0.29, 0.717) is 18.8 Å². The van der Waals surface area contributed by atoms with Crippen molar-refractivity contribution in [1.82, 2.24) is 4.98 Å². The van der Waals surface area contributed by atoms with E-state index in [-0.39, 0.29) is 17.2 Å². The Balaban J connectivity index is 2.36. The molecule has 1 amide bonds. The highest BCUT2D eigenvalue weighted by atomic mass is 16.5. The van der Waals surface area contributed by atoms with E-state index in [0.717, 1.165) is 12.8 Å². The third-order valence-electron chi connectivity index (χ3n) is 3.45. The number of hydrogen-bond donors (Lipinski definition) is 2. The Kier molecular flexibility index (Phi) is 4.07. The van der Waals surface area contributed by atoms with Crippen molar-refractivity contribution in [1.29, 1.82) is 0 Å². The standard InChI is InChI=1S/C13H18N4O3/c1-20-13(19)8-6-11(16-7-9(8)14)17-5-3-2-4-10(17)12(15)18/h6-7,10H,2-5,14H2,1H3,(H2,15,18). The molecule has 20 heavy (non-hydrogen) atoms. The predicted octanol–water partition coefficient (Wildman–Crippen LogP) is 0.295. The first kappa shape index (κ1) is 14.1. The van der Waals surface area contributed by atoms with Crippen molar-refractivity contribution in [3.63, 3.8) is 0 Å². The van der Waals surface area contributed by atoms with E-state index in [2.05, 4.69) is 9.72 Å². The van der Waals surface area contributed by atoms with E-state index in [1.165, 1.54) is 13.3 Å². The highest BCUT2D eigenvalue weighted by Crippen LogP contribution is 2.25. The van der Waals surface area contributed by atoms with E-state index in [4.69, 9.17) is 11.5 Å². The molecule has 7 heteroatoms. The number of carbonyl (C=O) groups excluding carboxylic acids is 2. The molecule has 1 fully saturated rings. The van der Waals surface area contributed by atoms with Crippen LogP contribution in [0, 0.1) is 0 Å². The summed E-state index contributed by atoms with van der Waals surface area (Å²) < 4.78 is 4.68. The number of esters is 1. The van der Waals surface area contributed by atoms with Gasteiger partial charge in [-0.3, -0.25) is 4.79 Å². The average Bonchev–Trinajstić information content (AvgIpc) is 2.47. The molecule has 7 nitrogen and oxygen atoms in total. The van der Waals surface area contributed by atoms with Crippen LogP contribution in [0.3, 0.4) is 0 Å². The van der Waals surface area contributed by atoms with E-state index in [9.17, 15) is 9.59 Å². The van der Waals surface area contributed by atoms with Crippen molar-refractivity contribution in [2.24, 2.45) is 5.73 Å². The van der Waals surface area contributed by atoms with Crippen LogP contribution in [-0.4, -0.2) is 36.6 Å². The van der Waals surface area contributed by atoms with Gasteiger partial charge in [-0.05, 0) is 25.3 Å². The van der Waals surface area contributed by atoms with Crippen molar-refractivity contribution in [2.75, 3.05) is 24.3 Å². The van der Waals surface area contributed by atoms with Gasteiger partial charge in [0.1, 0.15) is 11.9 Å². The largest absolute Gasteiger partial charge is 0.465 e. The summed E-state index contributed by atoms with van der Waals surface area (Å²) in [5.41, 5.74) is 11.6. The molecule has 1 aromatic rings. The number of methoxy groups -OCH3 is 1. The molecule has 1 aliphatic heterocycles. The van der Waals surface area contributed by atoms with Gasteiger partial charge < -0.3 is 21.1 Å². The first-order valence-electron chi connectivity index (χ1n) is 6.44. The average molecular weight is 278 g/mol. The molecule has 4 N–H and O–H groups in total. The maximum atomic E-state index is 11.6. The predicted molar refractivity (Wildman–Crippen MR) is 74.2 cm³/mol. The summed E-state index contributed by atoms with van der Waals surface area (Å²) in [4.78, 5) is 29.2. The molecule has 0 radical (unpaired) electrons. The molecule has 1 unspecified atom stereocenters. The molecule has 1 aromatic heterocycles. The first-order valence-corrected chi connectivity index (χ1v) is 6.44. The van der Waals surface area contributed by atoms with E-state index < -0.39 is 12.0 Å². The molecule has 2 rings (SSSR count). The number of nitrogen functional groups attached to an aromatic ring is 1. The van der Waals surface area contributed by atoms with Crippen LogP contribution < -0.4 is 16.4 Å². The second-order valence-electron chi connectivity index (χ2n) is 4.73. The number of hydrogen-bond acceptors (Lipinski definition) is 6. The Morgan fingerprint density at radius 3 is 2.85 bits per heavy atom. The molecule has 1 aliphatic rings. The van der Waals surface area contributed by atoms with Gasteiger partial charge in [0.2, 0.25) is 5.91 Å². The molecular formula is C13H18N4O3. The van der Waals surface area contributed by atoms with Gasteiger partial charge in [0.25, 0.3) is 0 Å². The third-order valence-corrected chi connectivity index (χ3v) is 3.45. The summed E-state index contributed by atoms with van der Waals surface area (Å²) in [6.07, 6.45) is 3.98. The van der Waals surface area contributed by atoms with Crippen molar-refractivity contribution < 1.29 is 14.3 Å². The lowest BCUT2D eigenvalue weighted by Gasteiger charge is -2.34. The number of pyridine rings is 1. The number of primary amides is 1. The molecule has 2 heterocycles. The summed E-state index contributed by atoms with van der Waals surface area (Å²) in [5, 5.41) is 0. The molecule has 1 saturated heterocycles. The molecule has 0 bridgehead atoms. The van der Waals surface area contributed by atoms with Crippen LogP contribution in [0.1, 0.15) is 29.6 Å². The van der Waals surface area contributed by atoms with Crippen molar-refractivity contribution in [3.05, 3.63) is 17.8 Å². The molecular weight excluding hydrogens is 260 g/mol. The van der Waals surface area contributed by atoms with Gasteiger partial charge in [-0.25, -0.2) is 9.78 Å². The quantitative estimate of drug-likeness (QED) is 0.769. The second kappa shape index (κ2) is 5.77. The summed E-state index contributed by atoms with van der Waals surface area (Å²) in [6, 6.07) is 1.15. The van der Waals surface area contributed by atoms with Gasteiger partial charge in [0, 0.05) is 6.54 Å².